The fourth-order valence-electron chi connectivity index (χ4n) is 2.73. The molecule has 19 heavy (non-hydrogen) atoms. The van der Waals surface area contributed by atoms with E-state index in [-0.39, 0.29) is 11.9 Å². The monoisotopic (exact) mass is 283 g/mol. The van der Waals surface area contributed by atoms with Crippen molar-refractivity contribution in [1.29, 1.82) is 0 Å². The van der Waals surface area contributed by atoms with Crippen molar-refractivity contribution in [2.75, 3.05) is 27.2 Å². The minimum Gasteiger partial charge on any atom is -0.309 e. The van der Waals surface area contributed by atoms with Crippen LogP contribution in [0.1, 0.15) is 32.1 Å². The van der Waals surface area contributed by atoms with Gasteiger partial charge in [0.05, 0.1) is 6.04 Å². The maximum absolute atomic E-state index is 12.6. The van der Waals surface area contributed by atoms with Crippen molar-refractivity contribution < 1.29 is 4.79 Å². The number of piperidine rings is 1. The van der Waals surface area contributed by atoms with Gasteiger partial charge in [0.1, 0.15) is 0 Å². The highest BCUT2D eigenvalue weighted by Crippen LogP contribution is 2.28. The van der Waals surface area contributed by atoms with E-state index in [1.165, 1.54) is 19.3 Å². The lowest BCUT2D eigenvalue weighted by Gasteiger charge is -2.36. The standard InChI is InChI=1S/C14H25N3OS/c1-15-13(11-12-7-6-10-19-12)14(18)16(2)17-8-4-3-5-9-17/h6,10,12-13,15H,3-5,7-9,11H2,1-2H3. The second-order valence-electron chi connectivity index (χ2n) is 5.32. The van der Waals surface area contributed by atoms with E-state index in [9.17, 15) is 4.79 Å². The Balaban J connectivity index is 1.87. The van der Waals surface area contributed by atoms with Gasteiger partial charge in [-0.2, -0.15) is 0 Å². The summed E-state index contributed by atoms with van der Waals surface area (Å²) in [5.74, 6) is 0.205. The molecule has 2 aliphatic heterocycles. The zero-order chi connectivity index (χ0) is 13.7. The van der Waals surface area contributed by atoms with Crippen molar-refractivity contribution in [3.05, 3.63) is 11.5 Å². The van der Waals surface area contributed by atoms with Gasteiger partial charge in [0.25, 0.3) is 5.91 Å². The van der Waals surface area contributed by atoms with Crippen LogP contribution < -0.4 is 5.32 Å². The first-order valence-electron chi connectivity index (χ1n) is 7.22. The number of nitrogens with zero attached hydrogens (tertiary/aromatic N) is 2. The number of hydrogen-bond donors (Lipinski definition) is 1. The molecule has 1 saturated heterocycles. The fraction of sp³-hybridized carbons (Fsp3) is 0.786. The molecule has 1 amide bonds. The third-order valence-electron chi connectivity index (χ3n) is 3.99. The first-order valence-corrected chi connectivity index (χ1v) is 8.17. The lowest BCUT2D eigenvalue weighted by Crippen LogP contribution is -2.53. The van der Waals surface area contributed by atoms with Crippen LogP contribution in [0.3, 0.4) is 0 Å². The average molecular weight is 283 g/mol. The number of allylic oxidation sites excluding steroid dienone is 1. The third-order valence-corrected chi connectivity index (χ3v) is 5.11. The van der Waals surface area contributed by atoms with E-state index in [1.54, 1.807) is 0 Å². The lowest BCUT2D eigenvalue weighted by atomic mass is 10.1. The molecule has 2 rings (SSSR count). The van der Waals surface area contributed by atoms with Gasteiger partial charge < -0.3 is 5.32 Å². The summed E-state index contributed by atoms with van der Waals surface area (Å²) in [5, 5.41) is 9.92. The van der Waals surface area contributed by atoms with Crippen LogP contribution in [0.25, 0.3) is 0 Å². The second kappa shape index (κ2) is 7.31. The molecule has 5 heteroatoms. The van der Waals surface area contributed by atoms with E-state index in [4.69, 9.17) is 0 Å². The summed E-state index contributed by atoms with van der Waals surface area (Å²) >= 11 is 1.85. The predicted molar refractivity (Wildman–Crippen MR) is 80.8 cm³/mol. The first-order chi connectivity index (χ1) is 9.22. The van der Waals surface area contributed by atoms with Gasteiger partial charge in [-0.25, -0.2) is 5.01 Å². The molecule has 0 aliphatic carbocycles. The van der Waals surface area contributed by atoms with Gasteiger partial charge >= 0.3 is 0 Å². The maximum atomic E-state index is 12.6. The number of likely N-dealkylation sites (N-methyl/N-ethyl adjacent to an activating group) is 2. The van der Waals surface area contributed by atoms with E-state index in [0.29, 0.717) is 5.25 Å². The zero-order valence-corrected chi connectivity index (χ0v) is 12.8. The molecule has 0 bridgehead atoms. The summed E-state index contributed by atoms with van der Waals surface area (Å²) in [7, 11) is 3.80. The van der Waals surface area contributed by atoms with Gasteiger partial charge in [-0.05, 0) is 38.1 Å². The van der Waals surface area contributed by atoms with Crippen molar-refractivity contribution in [2.45, 2.75) is 43.4 Å². The van der Waals surface area contributed by atoms with Gasteiger partial charge in [0.15, 0.2) is 0 Å². The highest BCUT2D eigenvalue weighted by molar-refractivity contribution is 8.03. The number of rotatable bonds is 5. The van der Waals surface area contributed by atoms with Gasteiger partial charge in [-0.1, -0.05) is 12.5 Å². The van der Waals surface area contributed by atoms with E-state index in [2.05, 4.69) is 21.8 Å². The van der Waals surface area contributed by atoms with Crippen LogP contribution in [-0.2, 0) is 4.79 Å². The Labute approximate surface area is 120 Å². The van der Waals surface area contributed by atoms with Crippen LogP contribution in [0.2, 0.25) is 0 Å². The van der Waals surface area contributed by atoms with Crippen molar-refractivity contribution in [2.24, 2.45) is 0 Å². The number of amides is 1. The minimum absolute atomic E-state index is 0.0654. The van der Waals surface area contributed by atoms with Crippen LogP contribution in [0.5, 0.6) is 0 Å². The normalized spacial score (nSPS) is 25.5. The summed E-state index contributed by atoms with van der Waals surface area (Å²) in [6.45, 7) is 2.02. The summed E-state index contributed by atoms with van der Waals surface area (Å²) in [4.78, 5) is 12.6. The summed E-state index contributed by atoms with van der Waals surface area (Å²) in [5.41, 5.74) is 0. The number of carbonyl (C=O) groups is 1. The highest BCUT2D eigenvalue weighted by atomic mass is 32.2. The molecule has 2 unspecified atom stereocenters. The minimum atomic E-state index is -0.0654. The Kier molecular flexibility index (Phi) is 5.73. The molecule has 2 aliphatic rings. The van der Waals surface area contributed by atoms with Crippen LogP contribution in [0, 0.1) is 0 Å². The lowest BCUT2D eigenvalue weighted by molar-refractivity contribution is -0.149. The van der Waals surface area contributed by atoms with Gasteiger partial charge in [-0.3, -0.25) is 9.80 Å². The van der Waals surface area contributed by atoms with Crippen molar-refractivity contribution in [3.63, 3.8) is 0 Å². The zero-order valence-electron chi connectivity index (χ0n) is 12.0. The highest BCUT2D eigenvalue weighted by Gasteiger charge is 2.28. The quantitative estimate of drug-likeness (QED) is 0.835. The topological polar surface area (TPSA) is 35.6 Å². The third kappa shape index (κ3) is 3.97. The molecule has 0 aromatic rings. The molecule has 2 heterocycles. The molecule has 0 aromatic carbocycles. The van der Waals surface area contributed by atoms with Gasteiger partial charge in [-0.15, -0.1) is 11.8 Å². The van der Waals surface area contributed by atoms with Gasteiger partial charge in [0, 0.05) is 25.4 Å². The Hall–Kier alpha value is -0.520. The Morgan fingerprint density at radius 1 is 1.47 bits per heavy atom. The Bertz CT molecular complexity index is 321. The smallest absolute Gasteiger partial charge is 0.253 e. The number of carbonyl (C=O) groups excluding carboxylic acids is 1. The van der Waals surface area contributed by atoms with Crippen LogP contribution in [0.4, 0.5) is 0 Å². The van der Waals surface area contributed by atoms with Crippen LogP contribution in [-0.4, -0.2) is 54.4 Å². The molecule has 0 radical (unpaired) electrons. The average Bonchev–Trinajstić information content (AvgIpc) is 2.97. The molecule has 4 nitrogen and oxygen atoms in total. The van der Waals surface area contributed by atoms with Gasteiger partial charge in [0.2, 0.25) is 0 Å². The number of hydrazine groups is 1. The van der Waals surface area contributed by atoms with Crippen molar-refractivity contribution in [3.8, 4) is 0 Å². The van der Waals surface area contributed by atoms with Crippen LogP contribution in [0.15, 0.2) is 11.5 Å². The molecule has 1 fully saturated rings. The first kappa shape index (κ1) is 14.9. The SMILES string of the molecule is CNC(CC1CC=CS1)C(=O)N(C)N1CCCCC1. The molecule has 0 spiro atoms. The molecule has 0 aromatic heterocycles. The van der Waals surface area contributed by atoms with Crippen molar-refractivity contribution >= 4 is 17.7 Å². The molecular formula is C14H25N3OS. The largest absolute Gasteiger partial charge is 0.309 e. The maximum Gasteiger partial charge on any atom is 0.253 e. The Morgan fingerprint density at radius 3 is 2.79 bits per heavy atom. The summed E-state index contributed by atoms with van der Waals surface area (Å²) in [6.07, 6.45) is 7.88. The van der Waals surface area contributed by atoms with E-state index >= 15 is 0 Å². The second-order valence-corrected chi connectivity index (χ2v) is 6.53. The van der Waals surface area contributed by atoms with Crippen LogP contribution >= 0.6 is 11.8 Å². The predicted octanol–water partition coefficient (Wildman–Crippen LogP) is 1.84. The fourth-order valence-corrected chi connectivity index (χ4v) is 3.70. The van der Waals surface area contributed by atoms with E-state index < -0.39 is 0 Å². The molecule has 108 valence electrons. The Morgan fingerprint density at radius 2 is 2.21 bits per heavy atom. The molecule has 1 N–H and O–H groups in total. The summed E-state index contributed by atoms with van der Waals surface area (Å²) < 4.78 is 0. The molecule has 0 saturated carbocycles. The molecular weight excluding hydrogens is 258 g/mol. The van der Waals surface area contributed by atoms with E-state index in [0.717, 1.165) is 25.9 Å². The van der Waals surface area contributed by atoms with E-state index in [1.807, 2.05) is 30.9 Å². The number of nitrogens with one attached hydrogen (secondary N) is 1. The number of thioether (sulfide) groups is 1. The molecule has 2 atom stereocenters. The summed E-state index contributed by atoms with van der Waals surface area (Å²) in [6, 6.07) is -0.0654. The van der Waals surface area contributed by atoms with Crippen molar-refractivity contribution in [1.82, 2.24) is 15.3 Å². The number of hydrogen-bond acceptors (Lipinski definition) is 4.